The second kappa shape index (κ2) is 5.62. The summed E-state index contributed by atoms with van der Waals surface area (Å²) >= 11 is 0. The minimum Gasteiger partial charge on any atom is -0.465 e. The second-order valence-corrected chi connectivity index (χ2v) is 3.71. The molecule has 1 amide bonds. The molecular formula is C11H7F6NO3. The third-order valence-electron chi connectivity index (χ3n) is 2.28. The highest BCUT2D eigenvalue weighted by atomic mass is 19.4. The monoisotopic (exact) mass is 315 g/mol. The zero-order valence-electron chi connectivity index (χ0n) is 10.2. The molecule has 10 heteroatoms. The first-order valence-electron chi connectivity index (χ1n) is 5.14. The molecule has 21 heavy (non-hydrogen) atoms. The number of benzene rings is 1. The van der Waals surface area contributed by atoms with Crippen LogP contribution in [-0.2, 0) is 9.53 Å². The van der Waals surface area contributed by atoms with Crippen LogP contribution in [0.25, 0.3) is 0 Å². The Balaban J connectivity index is 3.14. The maximum absolute atomic E-state index is 13.0. The molecule has 0 saturated heterocycles. The smallest absolute Gasteiger partial charge is 0.463 e. The molecule has 0 heterocycles. The Morgan fingerprint density at radius 1 is 1.14 bits per heavy atom. The van der Waals surface area contributed by atoms with Gasteiger partial charge in [-0.3, -0.25) is 4.79 Å². The molecule has 116 valence electrons. The molecule has 1 aromatic carbocycles. The van der Waals surface area contributed by atoms with E-state index in [0.29, 0.717) is 18.2 Å². The van der Waals surface area contributed by atoms with E-state index in [9.17, 15) is 35.9 Å². The Kier molecular flexibility index (Phi) is 4.49. The van der Waals surface area contributed by atoms with Crippen LogP contribution in [0.3, 0.4) is 0 Å². The standard InChI is InChI=1S/C11H7F6NO3/c1-21-8(19)6-4-5(12)2-3-7(6)18-9(20)10(13,14)11(15,16)17/h2-4H,1H3,(H,18,20). The third kappa shape index (κ3) is 3.44. The largest absolute Gasteiger partial charge is 0.465 e. The molecule has 0 aliphatic carbocycles. The zero-order valence-corrected chi connectivity index (χ0v) is 10.2. The predicted octanol–water partition coefficient (Wildman–Crippen LogP) is 2.75. The Labute approximate surface area is 113 Å². The van der Waals surface area contributed by atoms with Crippen molar-refractivity contribution >= 4 is 17.6 Å². The van der Waals surface area contributed by atoms with Gasteiger partial charge in [0.1, 0.15) is 5.82 Å². The number of hydrogen-bond donors (Lipinski definition) is 1. The van der Waals surface area contributed by atoms with Gasteiger partial charge in [-0.1, -0.05) is 0 Å². The van der Waals surface area contributed by atoms with Crippen LogP contribution in [-0.4, -0.2) is 31.1 Å². The van der Waals surface area contributed by atoms with E-state index in [-0.39, 0.29) is 0 Å². The number of carbonyl (C=O) groups excluding carboxylic acids is 2. The summed E-state index contributed by atoms with van der Waals surface area (Å²) in [5.41, 5.74) is -1.44. The molecule has 0 unspecified atom stereocenters. The van der Waals surface area contributed by atoms with Crippen LogP contribution in [0, 0.1) is 5.82 Å². The number of anilines is 1. The van der Waals surface area contributed by atoms with Crippen molar-refractivity contribution in [3.8, 4) is 0 Å². The van der Waals surface area contributed by atoms with E-state index >= 15 is 0 Å². The molecule has 1 rings (SSSR count). The number of halogens is 6. The second-order valence-electron chi connectivity index (χ2n) is 3.71. The lowest BCUT2D eigenvalue weighted by molar-refractivity contribution is -0.267. The summed E-state index contributed by atoms with van der Waals surface area (Å²) in [6, 6.07) is 1.84. The molecule has 0 bridgehead atoms. The summed E-state index contributed by atoms with van der Waals surface area (Å²) in [7, 11) is 0.878. The summed E-state index contributed by atoms with van der Waals surface area (Å²) in [6.07, 6.45) is -6.11. The molecular weight excluding hydrogens is 308 g/mol. The van der Waals surface area contributed by atoms with Gasteiger partial charge in [0, 0.05) is 0 Å². The van der Waals surface area contributed by atoms with Gasteiger partial charge in [-0.25, -0.2) is 9.18 Å². The number of rotatable bonds is 3. The SMILES string of the molecule is COC(=O)c1cc(F)ccc1NC(=O)C(F)(F)C(F)(F)F. The van der Waals surface area contributed by atoms with Crippen molar-refractivity contribution in [2.24, 2.45) is 0 Å². The molecule has 0 spiro atoms. The lowest BCUT2D eigenvalue weighted by atomic mass is 10.1. The normalized spacial score (nSPS) is 12.0. The summed E-state index contributed by atoms with van der Waals surface area (Å²) < 4.78 is 78.7. The van der Waals surface area contributed by atoms with Crippen molar-refractivity contribution in [1.82, 2.24) is 0 Å². The first-order valence-corrected chi connectivity index (χ1v) is 5.14. The first-order chi connectivity index (χ1) is 9.50. The fourth-order valence-electron chi connectivity index (χ4n) is 1.23. The fourth-order valence-corrected chi connectivity index (χ4v) is 1.23. The van der Waals surface area contributed by atoms with Gasteiger partial charge in [-0.2, -0.15) is 22.0 Å². The molecule has 0 radical (unpaired) electrons. The van der Waals surface area contributed by atoms with Gasteiger partial charge in [-0.15, -0.1) is 0 Å². The summed E-state index contributed by atoms with van der Waals surface area (Å²) in [6.45, 7) is 0. The van der Waals surface area contributed by atoms with E-state index in [2.05, 4.69) is 4.74 Å². The summed E-state index contributed by atoms with van der Waals surface area (Å²) in [4.78, 5) is 22.3. The van der Waals surface area contributed by atoms with Gasteiger partial charge in [0.25, 0.3) is 0 Å². The Bertz CT molecular complexity index is 570. The van der Waals surface area contributed by atoms with E-state index in [1.54, 1.807) is 0 Å². The van der Waals surface area contributed by atoms with Crippen molar-refractivity contribution in [3.63, 3.8) is 0 Å². The average molecular weight is 315 g/mol. The van der Waals surface area contributed by atoms with E-state index in [0.717, 1.165) is 7.11 Å². The molecule has 0 saturated carbocycles. The molecule has 1 aromatic rings. The van der Waals surface area contributed by atoms with Gasteiger partial charge in [0.15, 0.2) is 0 Å². The quantitative estimate of drug-likeness (QED) is 0.689. The minimum atomic E-state index is -6.11. The third-order valence-corrected chi connectivity index (χ3v) is 2.28. The lowest BCUT2D eigenvalue weighted by Crippen LogP contribution is -2.47. The Hall–Kier alpha value is -2.26. The van der Waals surface area contributed by atoms with Crippen LogP contribution in [0.2, 0.25) is 0 Å². The first kappa shape index (κ1) is 16.8. The molecule has 0 atom stereocenters. The van der Waals surface area contributed by atoms with Crippen LogP contribution in [0.15, 0.2) is 18.2 Å². The highest BCUT2D eigenvalue weighted by molar-refractivity contribution is 6.03. The molecule has 4 nitrogen and oxygen atoms in total. The molecule has 1 N–H and O–H groups in total. The number of hydrogen-bond acceptors (Lipinski definition) is 3. The van der Waals surface area contributed by atoms with Crippen molar-refractivity contribution in [2.45, 2.75) is 12.1 Å². The lowest BCUT2D eigenvalue weighted by Gasteiger charge is -2.19. The number of carbonyl (C=O) groups is 2. The van der Waals surface area contributed by atoms with Crippen molar-refractivity contribution in [2.75, 3.05) is 12.4 Å². The minimum absolute atomic E-state index is 0.521. The van der Waals surface area contributed by atoms with E-state index < -0.39 is 41.0 Å². The Morgan fingerprint density at radius 3 is 2.19 bits per heavy atom. The van der Waals surface area contributed by atoms with Gasteiger partial charge in [0.2, 0.25) is 0 Å². The summed E-state index contributed by atoms with van der Waals surface area (Å²) in [5.74, 6) is -10.6. The van der Waals surface area contributed by atoms with E-state index in [1.807, 2.05) is 0 Å². The van der Waals surface area contributed by atoms with Crippen molar-refractivity contribution in [3.05, 3.63) is 29.6 Å². The number of ether oxygens (including phenoxy) is 1. The van der Waals surface area contributed by atoms with Crippen LogP contribution < -0.4 is 5.32 Å². The topological polar surface area (TPSA) is 55.4 Å². The maximum atomic E-state index is 13.0. The molecule has 0 aliphatic heterocycles. The van der Waals surface area contributed by atoms with Gasteiger partial charge >= 0.3 is 24.0 Å². The number of alkyl halides is 5. The zero-order chi connectivity index (χ0) is 16.4. The van der Waals surface area contributed by atoms with Crippen molar-refractivity contribution < 1.29 is 40.7 Å². The van der Waals surface area contributed by atoms with Crippen LogP contribution >= 0.6 is 0 Å². The highest BCUT2D eigenvalue weighted by Crippen LogP contribution is 2.36. The van der Waals surface area contributed by atoms with Crippen LogP contribution in [0.5, 0.6) is 0 Å². The predicted molar refractivity (Wildman–Crippen MR) is 57.4 cm³/mol. The number of amides is 1. The van der Waals surface area contributed by atoms with Crippen molar-refractivity contribution in [1.29, 1.82) is 0 Å². The maximum Gasteiger partial charge on any atom is 0.463 e. The number of methoxy groups -OCH3 is 1. The average Bonchev–Trinajstić information content (AvgIpc) is 2.38. The number of esters is 1. The van der Waals surface area contributed by atoms with Gasteiger partial charge in [-0.05, 0) is 18.2 Å². The number of nitrogens with one attached hydrogen (secondary N) is 1. The van der Waals surface area contributed by atoms with E-state index in [1.165, 1.54) is 5.32 Å². The highest BCUT2D eigenvalue weighted by Gasteiger charge is 2.63. The van der Waals surface area contributed by atoms with Gasteiger partial charge < -0.3 is 10.1 Å². The molecule has 0 aromatic heterocycles. The van der Waals surface area contributed by atoms with Crippen LogP contribution in [0.1, 0.15) is 10.4 Å². The van der Waals surface area contributed by atoms with E-state index in [4.69, 9.17) is 0 Å². The Morgan fingerprint density at radius 2 is 1.71 bits per heavy atom. The fraction of sp³-hybridized carbons (Fsp3) is 0.273. The summed E-state index contributed by atoms with van der Waals surface area (Å²) in [5, 5.41) is 1.22. The molecule has 0 aliphatic rings. The van der Waals surface area contributed by atoms with Crippen LogP contribution in [0.4, 0.5) is 32.0 Å². The molecule has 0 fully saturated rings. The van der Waals surface area contributed by atoms with Gasteiger partial charge in [0.05, 0.1) is 18.4 Å².